The lowest BCUT2D eigenvalue weighted by Crippen LogP contribution is -2.06. The lowest BCUT2D eigenvalue weighted by molar-refractivity contribution is 0.420. The number of halogens is 1. The fourth-order valence-corrected chi connectivity index (χ4v) is 1.34. The molecule has 78 valence electrons. The second kappa shape index (κ2) is 4.37. The van der Waals surface area contributed by atoms with Crippen LogP contribution in [0.2, 0.25) is 5.02 Å². The molecule has 0 aliphatic heterocycles. The summed E-state index contributed by atoms with van der Waals surface area (Å²) in [4.78, 5) is 8.06. The van der Waals surface area contributed by atoms with E-state index >= 15 is 0 Å². The number of nitrogens with zero attached hydrogens (tertiary/aromatic N) is 3. The minimum absolute atomic E-state index is 0.410. The van der Waals surface area contributed by atoms with Crippen LogP contribution in [0.15, 0.2) is 23.0 Å². The molecule has 0 aliphatic rings. The molecule has 0 fully saturated rings. The zero-order valence-electron chi connectivity index (χ0n) is 8.07. The van der Waals surface area contributed by atoms with Crippen molar-refractivity contribution in [1.82, 2.24) is 20.4 Å². The van der Waals surface area contributed by atoms with Crippen molar-refractivity contribution in [1.29, 1.82) is 0 Å². The number of rotatable bonds is 3. The average molecular weight is 225 g/mol. The summed E-state index contributed by atoms with van der Waals surface area (Å²) in [5.74, 6) is 1.01. The zero-order chi connectivity index (χ0) is 10.7. The van der Waals surface area contributed by atoms with E-state index in [-0.39, 0.29) is 0 Å². The largest absolute Gasteiger partial charge is 0.334 e. The Labute approximate surface area is 91.5 Å². The Morgan fingerprint density at radius 3 is 3.13 bits per heavy atom. The second-order valence-electron chi connectivity index (χ2n) is 2.90. The third-order valence-corrected chi connectivity index (χ3v) is 2.11. The van der Waals surface area contributed by atoms with E-state index in [1.165, 1.54) is 0 Å². The maximum atomic E-state index is 5.94. The van der Waals surface area contributed by atoms with E-state index in [1.54, 1.807) is 18.5 Å². The zero-order valence-corrected chi connectivity index (χ0v) is 8.82. The molecule has 1 N–H and O–H groups in total. The molecule has 2 aromatic heterocycles. The van der Waals surface area contributed by atoms with Crippen molar-refractivity contribution in [3.8, 4) is 11.5 Å². The number of hydrogen-bond acceptors (Lipinski definition) is 5. The Hall–Kier alpha value is -1.46. The van der Waals surface area contributed by atoms with Crippen molar-refractivity contribution < 1.29 is 4.52 Å². The van der Waals surface area contributed by atoms with Gasteiger partial charge in [0.2, 0.25) is 0 Å². The van der Waals surface area contributed by atoms with Gasteiger partial charge in [0.25, 0.3) is 5.89 Å². The molecular formula is C9H9ClN4O. The van der Waals surface area contributed by atoms with Crippen LogP contribution in [0.25, 0.3) is 11.5 Å². The molecule has 0 unspecified atom stereocenters. The molecule has 0 radical (unpaired) electrons. The highest BCUT2D eigenvalue weighted by atomic mass is 35.5. The lowest BCUT2D eigenvalue weighted by atomic mass is 10.3. The summed E-state index contributed by atoms with van der Waals surface area (Å²) in [6.07, 6.45) is 3.17. The van der Waals surface area contributed by atoms with E-state index in [4.69, 9.17) is 16.1 Å². The molecule has 2 rings (SSSR count). The van der Waals surface area contributed by atoms with Crippen molar-refractivity contribution in [3.63, 3.8) is 0 Å². The molecule has 5 nitrogen and oxygen atoms in total. The van der Waals surface area contributed by atoms with Gasteiger partial charge in [-0.2, -0.15) is 4.98 Å². The molecule has 0 atom stereocenters. The van der Waals surface area contributed by atoms with Crippen LogP contribution in [0.1, 0.15) is 5.82 Å². The van der Waals surface area contributed by atoms with Crippen molar-refractivity contribution >= 4 is 11.6 Å². The Morgan fingerprint density at radius 2 is 2.40 bits per heavy atom. The molecule has 0 bridgehead atoms. The van der Waals surface area contributed by atoms with Gasteiger partial charge in [-0.15, -0.1) is 0 Å². The van der Waals surface area contributed by atoms with Gasteiger partial charge in [0.15, 0.2) is 5.82 Å². The van der Waals surface area contributed by atoms with Crippen molar-refractivity contribution in [3.05, 3.63) is 29.3 Å². The van der Waals surface area contributed by atoms with Crippen LogP contribution in [0.3, 0.4) is 0 Å². The predicted octanol–water partition coefficient (Wildman–Crippen LogP) is 1.50. The molecule has 0 saturated heterocycles. The molecule has 0 aliphatic carbocycles. The van der Waals surface area contributed by atoms with Crippen LogP contribution in [0.5, 0.6) is 0 Å². The van der Waals surface area contributed by atoms with Gasteiger partial charge < -0.3 is 9.84 Å². The van der Waals surface area contributed by atoms with Gasteiger partial charge in [-0.1, -0.05) is 16.8 Å². The van der Waals surface area contributed by atoms with Crippen LogP contribution < -0.4 is 5.32 Å². The molecule has 0 aromatic carbocycles. The molecule has 15 heavy (non-hydrogen) atoms. The summed E-state index contributed by atoms with van der Waals surface area (Å²) in [5.41, 5.74) is 0.696. The fraction of sp³-hybridized carbons (Fsp3) is 0.222. The van der Waals surface area contributed by atoms with E-state index in [2.05, 4.69) is 20.4 Å². The van der Waals surface area contributed by atoms with E-state index in [0.29, 0.717) is 28.8 Å². The van der Waals surface area contributed by atoms with Gasteiger partial charge in [0, 0.05) is 12.4 Å². The summed E-state index contributed by atoms with van der Waals surface area (Å²) in [6.45, 7) is 0.562. The molecule has 0 saturated carbocycles. The van der Waals surface area contributed by atoms with Crippen molar-refractivity contribution in [2.24, 2.45) is 0 Å². The van der Waals surface area contributed by atoms with Crippen LogP contribution in [-0.4, -0.2) is 22.2 Å². The van der Waals surface area contributed by atoms with Gasteiger partial charge in [0.05, 0.1) is 17.1 Å². The first-order valence-corrected chi connectivity index (χ1v) is 4.76. The standard InChI is InChI=1S/C9H9ClN4O/c1-11-5-8-13-9(15-14-8)6-2-3-12-4-7(6)10/h2-4,11H,5H2,1H3. The monoisotopic (exact) mass is 224 g/mol. The fourth-order valence-electron chi connectivity index (χ4n) is 1.14. The summed E-state index contributed by atoms with van der Waals surface area (Å²) in [5, 5.41) is 7.23. The first kappa shape index (κ1) is 10.1. The topological polar surface area (TPSA) is 63.8 Å². The second-order valence-corrected chi connectivity index (χ2v) is 3.31. The van der Waals surface area contributed by atoms with E-state index in [0.717, 1.165) is 0 Å². The minimum Gasteiger partial charge on any atom is -0.334 e. The van der Waals surface area contributed by atoms with E-state index in [9.17, 15) is 0 Å². The lowest BCUT2D eigenvalue weighted by Gasteiger charge is -1.95. The van der Waals surface area contributed by atoms with Gasteiger partial charge in [-0.3, -0.25) is 4.98 Å². The van der Waals surface area contributed by atoms with Gasteiger partial charge in [0.1, 0.15) is 0 Å². The molecule has 6 heteroatoms. The molecule has 0 amide bonds. The Morgan fingerprint density at radius 1 is 1.53 bits per heavy atom. The Kier molecular flexibility index (Phi) is 2.94. The minimum atomic E-state index is 0.410. The maximum absolute atomic E-state index is 5.94. The van der Waals surface area contributed by atoms with Crippen LogP contribution in [0.4, 0.5) is 0 Å². The number of aromatic nitrogens is 3. The number of nitrogens with one attached hydrogen (secondary N) is 1. The van der Waals surface area contributed by atoms with Crippen molar-refractivity contribution in [2.45, 2.75) is 6.54 Å². The van der Waals surface area contributed by atoms with E-state index < -0.39 is 0 Å². The number of pyridine rings is 1. The molecule has 2 aromatic rings. The highest BCUT2D eigenvalue weighted by Gasteiger charge is 2.11. The smallest absolute Gasteiger partial charge is 0.259 e. The quantitative estimate of drug-likeness (QED) is 0.856. The Balaban J connectivity index is 2.33. The van der Waals surface area contributed by atoms with Crippen LogP contribution in [-0.2, 0) is 6.54 Å². The number of hydrogen-bond donors (Lipinski definition) is 1. The highest BCUT2D eigenvalue weighted by Crippen LogP contribution is 2.24. The highest BCUT2D eigenvalue weighted by molar-refractivity contribution is 6.32. The van der Waals surface area contributed by atoms with Gasteiger partial charge >= 0.3 is 0 Å². The van der Waals surface area contributed by atoms with Crippen molar-refractivity contribution in [2.75, 3.05) is 7.05 Å². The summed E-state index contributed by atoms with van der Waals surface area (Å²) >= 11 is 5.94. The van der Waals surface area contributed by atoms with Crippen LogP contribution >= 0.6 is 11.6 Å². The molecule has 0 spiro atoms. The summed E-state index contributed by atoms with van der Waals surface area (Å²) in [7, 11) is 1.81. The summed E-state index contributed by atoms with van der Waals surface area (Å²) in [6, 6.07) is 1.74. The first-order chi connectivity index (χ1) is 7.31. The normalized spacial score (nSPS) is 10.5. The van der Waals surface area contributed by atoms with Crippen LogP contribution in [0, 0.1) is 0 Å². The predicted molar refractivity (Wildman–Crippen MR) is 55.3 cm³/mol. The third kappa shape index (κ3) is 2.14. The Bertz CT molecular complexity index is 457. The third-order valence-electron chi connectivity index (χ3n) is 1.81. The SMILES string of the molecule is CNCc1noc(-c2ccncc2Cl)n1. The van der Waals surface area contributed by atoms with E-state index in [1.807, 2.05) is 7.05 Å². The van der Waals surface area contributed by atoms with Gasteiger partial charge in [-0.05, 0) is 13.1 Å². The molecule has 2 heterocycles. The first-order valence-electron chi connectivity index (χ1n) is 4.38. The molecular weight excluding hydrogens is 216 g/mol. The average Bonchev–Trinajstić information content (AvgIpc) is 2.68. The van der Waals surface area contributed by atoms with Gasteiger partial charge in [-0.25, -0.2) is 0 Å². The summed E-state index contributed by atoms with van der Waals surface area (Å²) < 4.78 is 5.07. The maximum Gasteiger partial charge on any atom is 0.259 e.